The summed E-state index contributed by atoms with van der Waals surface area (Å²) in [5, 5.41) is 0. The molecule has 4 heteroatoms. The number of hydrogen-bond acceptors (Lipinski definition) is 2. The van der Waals surface area contributed by atoms with Gasteiger partial charge in [0.1, 0.15) is 0 Å². The minimum Gasteiger partial charge on any atom is -0.351 e. The standard InChI is InChI=1S/C9H11N3O/c10-9(13)12-5-3-8-7(6-12)2-1-4-11-8/h1-2,4H,3,5-6H2,(H2,10,13). The SMILES string of the molecule is NC(=O)N1CCc2ncccc2C1. The van der Waals surface area contributed by atoms with Crippen LogP contribution in [0.15, 0.2) is 18.3 Å². The number of pyridine rings is 1. The minimum absolute atomic E-state index is 0.352. The number of primary amides is 1. The maximum absolute atomic E-state index is 10.9. The van der Waals surface area contributed by atoms with Crippen molar-refractivity contribution in [3.8, 4) is 0 Å². The molecular weight excluding hydrogens is 166 g/mol. The first kappa shape index (κ1) is 8.04. The molecule has 0 radical (unpaired) electrons. The maximum atomic E-state index is 10.9. The van der Waals surface area contributed by atoms with Crippen molar-refractivity contribution in [2.75, 3.05) is 6.54 Å². The highest BCUT2D eigenvalue weighted by Crippen LogP contribution is 2.15. The van der Waals surface area contributed by atoms with E-state index >= 15 is 0 Å². The minimum atomic E-state index is -0.352. The first-order valence-corrected chi connectivity index (χ1v) is 4.24. The van der Waals surface area contributed by atoms with Gasteiger partial charge in [0.15, 0.2) is 0 Å². The number of rotatable bonds is 0. The zero-order chi connectivity index (χ0) is 9.26. The zero-order valence-electron chi connectivity index (χ0n) is 7.23. The lowest BCUT2D eigenvalue weighted by Crippen LogP contribution is -2.39. The molecule has 0 fully saturated rings. The summed E-state index contributed by atoms with van der Waals surface area (Å²) in [4.78, 5) is 16.8. The molecule has 13 heavy (non-hydrogen) atoms. The van der Waals surface area contributed by atoms with Gasteiger partial charge in [0.05, 0.1) is 0 Å². The Morgan fingerprint density at radius 1 is 1.62 bits per heavy atom. The van der Waals surface area contributed by atoms with E-state index in [-0.39, 0.29) is 6.03 Å². The van der Waals surface area contributed by atoms with Crippen LogP contribution in [0.1, 0.15) is 11.3 Å². The van der Waals surface area contributed by atoms with Crippen molar-refractivity contribution in [2.45, 2.75) is 13.0 Å². The second-order valence-corrected chi connectivity index (χ2v) is 3.12. The van der Waals surface area contributed by atoms with E-state index in [1.165, 1.54) is 0 Å². The number of fused-ring (bicyclic) bond motifs is 1. The molecule has 4 nitrogen and oxygen atoms in total. The van der Waals surface area contributed by atoms with E-state index in [1.54, 1.807) is 11.1 Å². The Balaban J connectivity index is 2.24. The number of nitrogens with two attached hydrogens (primary N) is 1. The molecule has 0 bridgehead atoms. The predicted octanol–water partition coefficient (Wildman–Crippen LogP) is 0.518. The molecule has 68 valence electrons. The summed E-state index contributed by atoms with van der Waals surface area (Å²) < 4.78 is 0. The first-order chi connectivity index (χ1) is 6.27. The van der Waals surface area contributed by atoms with Crippen LogP contribution in [0.5, 0.6) is 0 Å². The van der Waals surface area contributed by atoms with Crippen molar-refractivity contribution in [3.63, 3.8) is 0 Å². The fourth-order valence-electron chi connectivity index (χ4n) is 1.55. The fraction of sp³-hybridized carbons (Fsp3) is 0.333. The summed E-state index contributed by atoms with van der Waals surface area (Å²) in [5.41, 5.74) is 7.38. The number of urea groups is 1. The van der Waals surface area contributed by atoms with Gasteiger partial charge >= 0.3 is 6.03 Å². The van der Waals surface area contributed by atoms with Crippen molar-refractivity contribution < 1.29 is 4.79 Å². The summed E-state index contributed by atoms with van der Waals surface area (Å²) in [5.74, 6) is 0. The lowest BCUT2D eigenvalue weighted by Gasteiger charge is -2.26. The lowest BCUT2D eigenvalue weighted by molar-refractivity contribution is 0.202. The molecule has 0 spiro atoms. The molecule has 2 rings (SSSR count). The van der Waals surface area contributed by atoms with Crippen LogP contribution in [0.4, 0.5) is 4.79 Å². The van der Waals surface area contributed by atoms with Crippen molar-refractivity contribution >= 4 is 6.03 Å². The Morgan fingerprint density at radius 2 is 2.46 bits per heavy atom. The van der Waals surface area contributed by atoms with Crippen molar-refractivity contribution in [1.29, 1.82) is 0 Å². The quantitative estimate of drug-likeness (QED) is 0.628. The monoisotopic (exact) mass is 177 g/mol. The third-order valence-corrected chi connectivity index (χ3v) is 2.28. The number of carbonyl (C=O) groups is 1. The van der Waals surface area contributed by atoms with Gasteiger partial charge in [-0.2, -0.15) is 0 Å². The van der Waals surface area contributed by atoms with Gasteiger partial charge in [0, 0.05) is 31.4 Å². The van der Waals surface area contributed by atoms with E-state index < -0.39 is 0 Å². The van der Waals surface area contributed by atoms with Crippen LogP contribution in [0.2, 0.25) is 0 Å². The molecule has 0 aliphatic carbocycles. The predicted molar refractivity (Wildman–Crippen MR) is 47.9 cm³/mol. The Kier molecular flexibility index (Phi) is 1.88. The molecule has 1 aromatic rings. The van der Waals surface area contributed by atoms with Crippen LogP contribution >= 0.6 is 0 Å². The molecule has 2 heterocycles. The highest BCUT2D eigenvalue weighted by Gasteiger charge is 2.18. The summed E-state index contributed by atoms with van der Waals surface area (Å²) >= 11 is 0. The highest BCUT2D eigenvalue weighted by atomic mass is 16.2. The average Bonchev–Trinajstić information content (AvgIpc) is 2.17. The second-order valence-electron chi connectivity index (χ2n) is 3.12. The van der Waals surface area contributed by atoms with E-state index in [4.69, 9.17) is 5.73 Å². The van der Waals surface area contributed by atoms with Gasteiger partial charge in [-0.05, 0) is 11.6 Å². The topological polar surface area (TPSA) is 59.2 Å². The first-order valence-electron chi connectivity index (χ1n) is 4.24. The van der Waals surface area contributed by atoms with E-state index in [0.29, 0.717) is 13.1 Å². The van der Waals surface area contributed by atoms with Crippen LogP contribution in [-0.2, 0) is 13.0 Å². The van der Waals surface area contributed by atoms with Gasteiger partial charge < -0.3 is 10.6 Å². The molecule has 2 amide bonds. The number of carbonyl (C=O) groups excluding carboxylic acids is 1. The zero-order valence-corrected chi connectivity index (χ0v) is 7.23. The number of nitrogens with zero attached hydrogens (tertiary/aromatic N) is 2. The van der Waals surface area contributed by atoms with Gasteiger partial charge in [-0.25, -0.2) is 4.79 Å². The number of amides is 2. The van der Waals surface area contributed by atoms with Crippen LogP contribution in [0, 0.1) is 0 Å². The Morgan fingerprint density at radius 3 is 3.23 bits per heavy atom. The largest absolute Gasteiger partial charge is 0.351 e. The molecule has 0 saturated heterocycles. The average molecular weight is 177 g/mol. The van der Waals surface area contributed by atoms with Crippen molar-refractivity contribution in [1.82, 2.24) is 9.88 Å². The van der Waals surface area contributed by atoms with Crippen LogP contribution < -0.4 is 5.73 Å². The Hall–Kier alpha value is -1.58. The summed E-state index contributed by atoms with van der Waals surface area (Å²) in [7, 11) is 0. The fourth-order valence-corrected chi connectivity index (χ4v) is 1.55. The molecule has 0 atom stereocenters. The van der Waals surface area contributed by atoms with Gasteiger partial charge in [0.2, 0.25) is 0 Å². The number of aromatic nitrogens is 1. The van der Waals surface area contributed by atoms with Gasteiger partial charge in [-0.1, -0.05) is 6.07 Å². The van der Waals surface area contributed by atoms with Crippen molar-refractivity contribution in [3.05, 3.63) is 29.6 Å². The lowest BCUT2D eigenvalue weighted by atomic mass is 10.1. The van der Waals surface area contributed by atoms with E-state index in [0.717, 1.165) is 17.7 Å². The van der Waals surface area contributed by atoms with Gasteiger partial charge in [0.25, 0.3) is 0 Å². The second kappa shape index (κ2) is 3.05. The molecule has 1 aliphatic heterocycles. The third kappa shape index (κ3) is 1.47. The summed E-state index contributed by atoms with van der Waals surface area (Å²) in [6.45, 7) is 1.28. The maximum Gasteiger partial charge on any atom is 0.315 e. The van der Waals surface area contributed by atoms with Gasteiger partial charge in [-0.15, -0.1) is 0 Å². The molecule has 1 aromatic heterocycles. The molecule has 1 aliphatic rings. The number of hydrogen-bond donors (Lipinski definition) is 1. The van der Waals surface area contributed by atoms with Crippen LogP contribution in [-0.4, -0.2) is 22.5 Å². The van der Waals surface area contributed by atoms with E-state index in [9.17, 15) is 4.79 Å². The Labute approximate surface area is 76.4 Å². The molecule has 0 saturated carbocycles. The van der Waals surface area contributed by atoms with Gasteiger partial charge in [-0.3, -0.25) is 4.98 Å². The van der Waals surface area contributed by atoms with Crippen LogP contribution in [0.3, 0.4) is 0 Å². The van der Waals surface area contributed by atoms with E-state index in [1.807, 2.05) is 12.1 Å². The summed E-state index contributed by atoms with van der Waals surface area (Å²) in [6, 6.07) is 3.51. The molecular formula is C9H11N3O. The van der Waals surface area contributed by atoms with Crippen molar-refractivity contribution in [2.24, 2.45) is 5.73 Å². The van der Waals surface area contributed by atoms with Crippen LogP contribution in [0.25, 0.3) is 0 Å². The molecule has 2 N–H and O–H groups in total. The molecule has 0 aromatic carbocycles. The smallest absolute Gasteiger partial charge is 0.315 e. The Bertz CT molecular complexity index is 337. The summed E-state index contributed by atoms with van der Waals surface area (Å²) in [6.07, 6.45) is 2.58. The molecule has 0 unspecified atom stereocenters. The normalized spacial score (nSPS) is 15.2. The highest BCUT2D eigenvalue weighted by molar-refractivity contribution is 5.72. The third-order valence-electron chi connectivity index (χ3n) is 2.28. The van der Waals surface area contributed by atoms with E-state index in [2.05, 4.69) is 4.98 Å².